The number of azo groups is 1. The Bertz CT molecular complexity index is 1700. The van der Waals surface area contributed by atoms with Crippen LogP contribution in [-0.4, -0.2) is 31.2 Å². The molecular formula is C20H13N2O10S3-. The normalized spacial score (nSPS) is 12.7. The second-order valence-electron chi connectivity index (χ2n) is 6.94. The van der Waals surface area contributed by atoms with E-state index in [-0.39, 0.29) is 16.5 Å². The van der Waals surface area contributed by atoms with Crippen molar-refractivity contribution < 1.29 is 45.7 Å². The van der Waals surface area contributed by atoms with Crippen molar-refractivity contribution in [2.45, 2.75) is 14.7 Å². The molecule has 0 aliphatic heterocycles. The first kappa shape index (κ1) is 25.0. The lowest BCUT2D eigenvalue weighted by atomic mass is 10.1. The molecule has 4 aromatic rings. The van der Waals surface area contributed by atoms with Gasteiger partial charge in [-0.3, -0.25) is 9.11 Å². The van der Waals surface area contributed by atoms with Crippen LogP contribution in [-0.2, 0) is 29.6 Å². The molecule has 12 nitrogen and oxygen atoms in total. The highest BCUT2D eigenvalue weighted by atomic mass is 32.2. The lowest BCUT2D eigenvalue weighted by Gasteiger charge is -2.17. The summed E-state index contributed by atoms with van der Waals surface area (Å²) in [5.41, 5.74) is -0.203. The first-order valence-electron chi connectivity index (χ1n) is 9.31. The van der Waals surface area contributed by atoms with Crippen molar-refractivity contribution in [2.24, 2.45) is 10.2 Å². The van der Waals surface area contributed by atoms with Gasteiger partial charge >= 0.3 is 0 Å². The van der Waals surface area contributed by atoms with E-state index in [0.717, 1.165) is 36.3 Å². The third-order valence-electron chi connectivity index (χ3n) is 4.85. The number of hydrogen-bond acceptors (Lipinski definition) is 11. The van der Waals surface area contributed by atoms with Gasteiger partial charge < -0.3 is 5.11 Å². The Morgan fingerprint density at radius 2 is 1.54 bits per heavy atom. The Morgan fingerprint density at radius 3 is 2.20 bits per heavy atom. The summed E-state index contributed by atoms with van der Waals surface area (Å²) in [6.07, 6.45) is 0. The van der Waals surface area contributed by atoms with E-state index >= 15 is 0 Å². The number of hydrogen-bond donors (Lipinski definition) is 3. The van der Waals surface area contributed by atoms with Crippen molar-refractivity contribution >= 4 is 65.2 Å². The molecule has 0 spiro atoms. The molecule has 0 aromatic heterocycles. The molecule has 0 fully saturated rings. The number of rotatable bonds is 7. The predicted molar refractivity (Wildman–Crippen MR) is 122 cm³/mol. The maximum Gasteiger partial charge on any atom is 0.294 e. The molecule has 0 bridgehead atoms. The highest BCUT2D eigenvalue weighted by Crippen LogP contribution is 2.41. The number of benzene rings is 4. The quantitative estimate of drug-likeness (QED) is 0.0993. The fourth-order valence-corrected chi connectivity index (χ4v) is 4.96. The molecule has 0 radical (unpaired) electrons. The molecule has 15 heteroatoms. The Labute approximate surface area is 202 Å². The van der Waals surface area contributed by atoms with Crippen molar-refractivity contribution in [2.75, 3.05) is 0 Å². The molecule has 0 heterocycles. The van der Waals surface area contributed by atoms with Crippen molar-refractivity contribution in [1.82, 2.24) is 0 Å². The van der Waals surface area contributed by atoms with Crippen molar-refractivity contribution in [3.63, 3.8) is 0 Å². The number of nitrogens with zero attached hydrogens (tertiary/aromatic N) is 2. The second-order valence-corrected chi connectivity index (χ2v) is 10.5. The van der Waals surface area contributed by atoms with E-state index in [2.05, 4.69) is 19.6 Å². The van der Waals surface area contributed by atoms with Gasteiger partial charge in [-0.1, -0.05) is 41.1 Å². The zero-order chi connectivity index (χ0) is 25.4. The van der Waals surface area contributed by atoms with E-state index in [1.165, 1.54) is 6.07 Å². The summed E-state index contributed by atoms with van der Waals surface area (Å²) in [5, 5.41) is 34.0. The zero-order valence-corrected chi connectivity index (χ0v) is 19.5. The summed E-state index contributed by atoms with van der Waals surface area (Å²) in [5.74, 6) is -1.16. The summed E-state index contributed by atoms with van der Waals surface area (Å²) in [4.78, 5) is -1.04. The smallest absolute Gasteiger partial charge is 0.294 e. The SMILES string of the molecule is O=S(=O)(O)c1ccc2c(N=Nc3ccc(SOOO)c4ccccc34)c([O-])c(S(=O)(=O)O)cc2c1. The second kappa shape index (κ2) is 9.48. The van der Waals surface area contributed by atoms with Gasteiger partial charge in [0.25, 0.3) is 20.2 Å². The van der Waals surface area contributed by atoms with Crippen molar-refractivity contribution in [3.8, 4) is 5.75 Å². The van der Waals surface area contributed by atoms with Crippen molar-refractivity contribution in [3.05, 3.63) is 60.7 Å². The average molecular weight is 538 g/mol. The van der Waals surface area contributed by atoms with Crippen LogP contribution >= 0.6 is 12.0 Å². The lowest BCUT2D eigenvalue weighted by molar-refractivity contribution is -0.432. The molecule has 182 valence electrons. The highest BCUT2D eigenvalue weighted by Gasteiger charge is 2.19. The molecule has 0 amide bonds. The van der Waals surface area contributed by atoms with Crippen LogP contribution in [0.25, 0.3) is 21.5 Å². The minimum atomic E-state index is -5.00. The topological polar surface area (TPSA) is 195 Å². The van der Waals surface area contributed by atoms with Crippen LogP contribution in [0.5, 0.6) is 5.75 Å². The van der Waals surface area contributed by atoms with E-state index in [1.807, 2.05) is 0 Å². The molecule has 0 saturated carbocycles. The molecule has 0 aliphatic rings. The minimum Gasteiger partial charge on any atom is -0.870 e. The van der Waals surface area contributed by atoms with Gasteiger partial charge in [-0.25, -0.2) is 5.26 Å². The highest BCUT2D eigenvalue weighted by molar-refractivity contribution is 7.94. The molecule has 0 atom stereocenters. The van der Waals surface area contributed by atoms with Crippen LogP contribution in [0.4, 0.5) is 11.4 Å². The lowest BCUT2D eigenvalue weighted by Crippen LogP contribution is -2.05. The van der Waals surface area contributed by atoms with E-state index < -0.39 is 41.5 Å². The first-order valence-corrected chi connectivity index (χ1v) is 12.9. The largest absolute Gasteiger partial charge is 0.870 e. The monoisotopic (exact) mass is 537 g/mol. The van der Waals surface area contributed by atoms with Gasteiger partial charge in [0, 0.05) is 15.7 Å². The van der Waals surface area contributed by atoms with Gasteiger partial charge in [-0.05, 0) is 41.1 Å². The Kier molecular flexibility index (Phi) is 6.76. The van der Waals surface area contributed by atoms with Gasteiger partial charge in [0.15, 0.2) is 0 Å². The average Bonchev–Trinajstić information content (AvgIpc) is 2.80. The van der Waals surface area contributed by atoms with Gasteiger partial charge in [0.2, 0.25) is 0 Å². The fraction of sp³-hybridized carbons (Fsp3) is 0. The van der Waals surface area contributed by atoms with Crippen LogP contribution in [0.1, 0.15) is 0 Å². The third kappa shape index (κ3) is 5.12. The van der Waals surface area contributed by atoms with Gasteiger partial charge in [0.05, 0.1) is 33.2 Å². The summed E-state index contributed by atoms with van der Waals surface area (Å²) < 4.78 is 69.8. The van der Waals surface area contributed by atoms with Gasteiger partial charge in [0.1, 0.15) is 0 Å². The predicted octanol–water partition coefficient (Wildman–Crippen LogP) is 4.40. The maximum absolute atomic E-state index is 12.9. The molecule has 4 rings (SSSR count). The Hall–Kier alpha value is -3.15. The molecule has 0 aliphatic carbocycles. The van der Waals surface area contributed by atoms with Gasteiger partial charge in [-0.15, -0.1) is 9.45 Å². The van der Waals surface area contributed by atoms with Crippen LogP contribution in [0.15, 0.2) is 85.6 Å². The van der Waals surface area contributed by atoms with Gasteiger partial charge in [-0.2, -0.15) is 21.9 Å². The van der Waals surface area contributed by atoms with Crippen molar-refractivity contribution in [1.29, 1.82) is 0 Å². The van der Waals surface area contributed by atoms with Crippen LogP contribution < -0.4 is 5.11 Å². The van der Waals surface area contributed by atoms with E-state index in [9.17, 15) is 31.0 Å². The minimum absolute atomic E-state index is 0.0310. The van der Waals surface area contributed by atoms with Crippen LogP contribution in [0.3, 0.4) is 0 Å². The molecule has 4 aromatic carbocycles. The summed E-state index contributed by atoms with van der Waals surface area (Å²) in [7, 11) is -9.64. The van der Waals surface area contributed by atoms with Crippen LogP contribution in [0.2, 0.25) is 0 Å². The molecule has 0 unspecified atom stereocenters. The Balaban J connectivity index is 1.93. The van der Waals surface area contributed by atoms with E-state index in [1.54, 1.807) is 30.3 Å². The molecular weight excluding hydrogens is 524 g/mol. The van der Waals surface area contributed by atoms with E-state index in [0.29, 0.717) is 15.7 Å². The molecule has 0 saturated heterocycles. The molecule has 3 N–H and O–H groups in total. The standard InChI is InChI=1S/C20H14N2O10S3/c23-20-18(35(28,29)30)10-11-9-12(34(25,26)27)5-6-13(11)19(20)22-21-16-7-8-17(33-32-31-24)15-4-2-1-3-14(15)16/h1-10,23-24H,(H,25,26,27)(H,28,29,30)/p-1. The van der Waals surface area contributed by atoms with Crippen LogP contribution in [0, 0.1) is 0 Å². The number of fused-ring (bicyclic) bond motifs is 2. The summed E-state index contributed by atoms with van der Waals surface area (Å²) in [6.45, 7) is 0. The molecule has 35 heavy (non-hydrogen) atoms. The zero-order valence-electron chi connectivity index (χ0n) is 17.1. The first-order chi connectivity index (χ1) is 16.5. The summed E-state index contributed by atoms with van der Waals surface area (Å²) >= 11 is 0.727. The summed E-state index contributed by atoms with van der Waals surface area (Å²) in [6, 6.07) is 13.8. The fourth-order valence-electron chi connectivity index (χ4n) is 3.34. The van der Waals surface area contributed by atoms with E-state index in [4.69, 9.17) is 5.26 Å². The third-order valence-corrected chi connectivity index (χ3v) is 7.23. The Morgan fingerprint density at radius 1 is 0.829 bits per heavy atom. The maximum atomic E-state index is 12.9.